The van der Waals surface area contributed by atoms with Gasteiger partial charge in [0.1, 0.15) is 0 Å². The molecule has 1 aromatic carbocycles. The van der Waals surface area contributed by atoms with Crippen LogP contribution in [0.25, 0.3) is 0 Å². The zero-order chi connectivity index (χ0) is 15.5. The number of primary amides is 1. The highest BCUT2D eigenvalue weighted by molar-refractivity contribution is 5.84. The molecule has 4 N–H and O–H groups in total. The van der Waals surface area contributed by atoms with Crippen molar-refractivity contribution in [1.29, 1.82) is 0 Å². The number of carbonyl (C=O) groups excluding carboxylic acids is 2. The second-order valence-electron chi connectivity index (χ2n) is 4.87. The molecule has 0 bridgehead atoms. The molecule has 6 nitrogen and oxygen atoms in total. The van der Waals surface area contributed by atoms with Gasteiger partial charge in [0, 0.05) is 18.9 Å². The molecule has 0 aliphatic heterocycles. The second-order valence-corrected chi connectivity index (χ2v) is 4.87. The predicted molar refractivity (Wildman–Crippen MR) is 77.2 cm³/mol. The van der Waals surface area contributed by atoms with Crippen molar-refractivity contribution in [3.05, 3.63) is 35.9 Å². The molecular weight excluding hydrogens is 272 g/mol. The zero-order valence-electron chi connectivity index (χ0n) is 12.0. The van der Waals surface area contributed by atoms with Crippen molar-refractivity contribution in [3.63, 3.8) is 0 Å². The third-order valence-corrected chi connectivity index (χ3v) is 3.16. The fourth-order valence-electron chi connectivity index (χ4n) is 1.97. The molecule has 1 unspecified atom stereocenters. The van der Waals surface area contributed by atoms with Gasteiger partial charge >= 0.3 is 0 Å². The van der Waals surface area contributed by atoms with Crippen LogP contribution in [0.15, 0.2) is 30.3 Å². The van der Waals surface area contributed by atoms with Crippen molar-refractivity contribution in [3.8, 4) is 0 Å². The van der Waals surface area contributed by atoms with E-state index in [-0.39, 0.29) is 6.42 Å². The van der Waals surface area contributed by atoms with Gasteiger partial charge in [0.2, 0.25) is 11.8 Å². The summed E-state index contributed by atoms with van der Waals surface area (Å²) in [7, 11) is 0. The Morgan fingerprint density at radius 1 is 1.24 bits per heavy atom. The zero-order valence-corrected chi connectivity index (χ0v) is 12.0. The normalized spacial score (nSPS) is 11.9. The molecule has 1 aromatic rings. The van der Waals surface area contributed by atoms with E-state index in [1.807, 2.05) is 30.3 Å². The Balaban J connectivity index is 2.14. The summed E-state index contributed by atoms with van der Waals surface area (Å²) in [5.41, 5.74) is 7.85. The molecule has 0 saturated carbocycles. The summed E-state index contributed by atoms with van der Waals surface area (Å²) in [5, 5.41) is 8.44. The first kappa shape index (κ1) is 17.1. The van der Waals surface area contributed by atoms with Crippen LogP contribution in [0.4, 0.5) is 0 Å². The molecule has 0 aliphatic carbocycles. The highest BCUT2D eigenvalue weighted by atomic mass is 16.5. The molecule has 0 spiro atoms. The van der Waals surface area contributed by atoms with Crippen molar-refractivity contribution in [2.45, 2.75) is 32.3 Å². The van der Waals surface area contributed by atoms with Gasteiger partial charge < -0.3 is 10.5 Å². The lowest BCUT2D eigenvalue weighted by Gasteiger charge is -2.11. The van der Waals surface area contributed by atoms with Crippen LogP contribution in [0.3, 0.4) is 0 Å². The van der Waals surface area contributed by atoms with Crippen LogP contribution in [-0.4, -0.2) is 23.6 Å². The molecule has 0 saturated heterocycles. The number of hydrogen-bond donors (Lipinski definition) is 3. The van der Waals surface area contributed by atoms with E-state index in [1.54, 1.807) is 0 Å². The Morgan fingerprint density at radius 2 is 1.95 bits per heavy atom. The summed E-state index contributed by atoms with van der Waals surface area (Å²) in [4.78, 5) is 22.2. The van der Waals surface area contributed by atoms with E-state index < -0.39 is 17.7 Å². The summed E-state index contributed by atoms with van der Waals surface area (Å²) >= 11 is 0. The summed E-state index contributed by atoms with van der Waals surface area (Å²) in [6.45, 7) is 1.15. The maximum absolute atomic E-state index is 11.2. The van der Waals surface area contributed by atoms with Gasteiger partial charge in [-0.1, -0.05) is 36.8 Å². The van der Waals surface area contributed by atoms with Gasteiger partial charge in [0.15, 0.2) is 0 Å². The van der Waals surface area contributed by atoms with Crippen molar-refractivity contribution in [2.75, 3.05) is 6.61 Å². The van der Waals surface area contributed by atoms with Gasteiger partial charge in [-0.25, -0.2) is 5.48 Å². The fraction of sp³-hybridized carbons (Fsp3) is 0.467. The van der Waals surface area contributed by atoms with Gasteiger partial charge in [-0.2, -0.15) is 0 Å². The predicted octanol–water partition coefficient (Wildman–Crippen LogP) is 1.37. The highest BCUT2D eigenvalue weighted by Gasteiger charge is 2.18. The smallest absolute Gasteiger partial charge is 0.244 e. The van der Waals surface area contributed by atoms with E-state index in [0.29, 0.717) is 19.6 Å². The molecule has 21 heavy (non-hydrogen) atoms. The largest absolute Gasteiger partial charge is 0.377 e. The summed E-state index contributed by atoms with van der Waals surface area (Å²) in [5.74, 6) is -1.67. The fourth-order valence-corrected chi connectivity index (χ4v) is 1.97. The molecule has 0 radical (unpaired) electrons. The van der Waals surface area contributed by atoms with E-state index in [1.165, 1.54) is 5.48 Å². The summed E-state index contributed by atoms with van der Waals surface area (Å²) in [6.07, 6.45) is 1.95. The topological polar surface area (TPSA) is 102 Å². The second kappa shape index (κ2) is 9.90. The van der Waals surface area contributed by atoms with E-state index in [0.717, 1.165) is 18.4 Å². The third-order valence-electron chi connectivity index (χ3n) is 3.16. The van der Waals surface area contributed by atoms with Crippen LogP contribution in [0.1, 0.15) is 31.2 Å². The summed E-state index contributed by atoms with van der Waals surface area (Å²) in [6, 6.07) is 9.87. The molecule has 1 rings (SSSR count). The van der Waals surface area contributed by atoms with Gasteiger partial charge in [-0.05, 0) is 18.4 Å². The number of nitrogens with two attached hydrogens (primary N) is 1. The molecular formula is C15H22N2O4. The number of nitrogens with one attached hydrogen (secondary N) is 1. The van der Waals surface area contributed by atoms with Gasteiger partial charge in [0.25, 0.3) is 0 Å². The van der Waals surface area contributed by atoms with E-state index >= 15 is 0 Å². The van der Waals surface area contributed by atoms with E-state index in [4.69, 9.17) is 15.7 Å². The Hall–Kier alpha value is -1.92. The minimum absolute atomic E-state index is 0.0866. The SMILES string of the molecule is NC(=O)C(CCCCOCc1ccccc1)CC(=O)NO. The molecule has 1 atom stereocenters. The quantitative estimate of drug-likeness (QED) is 0.344. The number of ether oxygens (including phenoxy) is 1. The number of carbonyl (C=O) groups is 2. The minimum atomic E-state index is -0.598. The lowest BCUT2D eigenvalue weighted by molar-refractivity contribution is -0.133. The molecule has 6 heteroatoms. The van der Waals surface area contributed by atoms with Gasteiger partial charge in [-0.3, -0.25) is 14.8 Å². The van der Waals surface area contributed by atoms with Crippen LogP contribution in [0.2, 0.25) is 0 Å². The maximum atomic E-state index is 11.2. The Morgan fingerprint density at radius 3 is 2.57 bits per heavy atom. The number of hydroxylamine groups is 1. The highest BCUT2D eigenvalue weighted by Crippen LogP contribution is 2.13. The van der Waals surface area contributed by atoms with Crippen LogP contribution < -0.4 is 11.2 Å². The average Bonchev–Trinajstić information content (AvgIpc) is 2.50. The Kier molecular flexibility index (Phi) is 8.08. The minimum Gasteiger partial charge on any atom is -0.377 e. The first-order valence-electron chi connectivity index (χ1n) is 6.97. The van der Waals surface area contributed by atoms with Crippen LogP contribution in [-0.2, 0) is 20.9 Å². The van der Waals surface area contributed by atoms with Crippen molar-refractivity contribution in [2.24, 2.45) is 11.7 Å². The van der Waals surface area contributed by atoms with E-state index in [9.17, 15) is 9.59 Å². The van der Waals surface area contributed by atoms with Crippen LogP contribution >= 0.6 is 0 Å². The van der Waals surface area contributed by atoms with E-state index in [2.05, 4.69) is 0 Å². The number of amides is 2. The van der Waals surface area contributed by atoms with Gasteiger partial charge in [-0.15, -0.1) is 0 Å². The number of hydrogen-bond acceptors (Lipinski definition) is 4. The number of unbranched alkanes of at least 4 members (excludes halogenated alkanes) is 1. The molecule has 0 heterocycles. The van der Waals surface area contributed by atoms with Crippen molar-refractivity contribution in [1.82, 2.24) is 5.48 Å². The molecule has 2 amide bonds. The first-order chi connectivity index (χ1) is 10.1. The first-order valence-corrected chi connectivity index (χ1v) is 6.97. The maximum Gasteiger partial charge on any atom is 0.244 e. The van der Waals surface area contributed by atoms with Crippen LogP contribution in [0.5, 0.6) is 0 Å². The average molecular weight is 294 g/mol. The lowest BCUT2D eigenvalue weighted by Crippen LogP contribution is -2.30. The number of benzene rings is 1. The van der Waals surface area contributed by atoms with Crippen LogP contribution in [0, 0.1) is 5.92 Å². The standard InChI is InChI=1S/C15H22N2O4/c16-15(19)13(10-14(18)17-20)8-4-5-9-21-11-12-6-2-1-3-7-12/h1-3,6-7,13,20H,4-5,8-11H2,(H2,16,19)(H,17,18). The molecule has 0 aliphatic rings. The monoisotopic (exact) mass is 294 g/mol. The van der Waals surface area contributed by atoms with Gasteiger partial charge in [0.05, 0.1) is 6.61 Å². The third kappa shape index (κ3) is 7.43. The van der Waals surface area contributed by atoms with Crippen molar-refractivity contribution >= 4 is 11.8 Å². The Bertz CT molecular complexity index is 437. The molecule has 0 fully saturated rings. The molecule has 0 aromatic heterocycles. The Labute approximate surface area is 124 Å². The number of rotatable bonds is 10. The lowest BCUT2D eigenvalue weighted by atomic mass is 9.97. The van der Waals surface area contributed by atoms with Crippen molar-refractivity contribution < 1.29 is 19.5 Å². The molecule has 116 valence electrons. The summed E-state index contributed by atoms with van der Waals surface area (Å²) < 4.78 is 5.53.